The van der Waals surface area contributed by atoms with Crippen molar-refractivity contribution in [1.82, 2.24) is 35.6 Å². The summed E-state index contributed by atoms with van der Waals surface area (Å²) in [6.07, 6.45) is 3.49. The Kier molecular flexibility index (Phi) is 2.72. The first-order valence-corrected chi connectivity index (χ1v) is 7.25. The summed E-state index contributed by atoms with van der Waals surface area (Å²) in [5, 5.41) is 14.2. The van der Waals surface area contributed by atoms with Gasteiger partial charge in [0, 0.05) is 36.5 Å². The fraction of sp³-hybridized carbons (Fsp3) is 0.333. The molecule has 20 heavy (non-hydrogen) atoms. The van der Waals surface area contributed by atoms with Crippen molar-refractivity contribution < 1.29 is 0 Å². The summed E-state index contributed by atoms with van der Waals surface area (Å²) in [5.41, 5.74) is 7.35. The van der Waals surface area contributed by atoms with Crippen LogP contribution in [0.2, 0.25) is 0 Å². The van der Waals surface area contributed by atoms with Crippen molar-refractivity contribution in [3.63, 3.8) is 0 Å². The number of pyridine rings is 1. The summed E-state index contributed by atoms with van der Waals surface area (Å²) in [4.78, 5) is 4.85. The van der Waals surface area contributed by atoms with Crippen LogP contribution in [-0.2, 0) is 0 Å². The highest BCUT2D eigenvalue weighted by Gasteiger charge is 2.28. The van der Waals surface area contributed by atoms with E-state index in [1.807, 2.05) is 16.6 Å². The third kappa shape index (κ3) is 1.80. The van der Waals surface area contributed by atoms with Crippen molar-refractivity contribution in [2.75, 3.05) is 6.54 Å². The molecule has 4 heterocycles. The number of nitrogens with zero attached hydrogens (tertiary/aromatic N) is 5. The van der Waals surface area contributed by atoms with Gasteiger partial charge in [0.2, 0.25) is 4.96 Å². The predicted octanol–water partition coefficient (Wildman–Crippen LogP) is 0.828. The van der Waals surface area contributed by atoms with Gasteiger partial charge in [-0.25, -0.2) is 0 Å². The van der Waals surface area contributed by atoms with E-state index in [0.29, 0.717) is 12.0 Å². The zero-order valence-corrected chi connectivity index (χ0v) is 11.6. The highest BCUT2D eigenvalue weighted by atomic mass is 32.1. The Labute approximate surface area is 119 Å². The van der Waals surface area contributed by atoms with Gasteiger partial charge in [0.05, 0.1) is 0 Å². The summed E-state index contributed by atoms with van der Waals surface area (Å²) in [6.45, 7) is 3.03. The van der Waals surface area contributed by atoms with Crippen LogP contribution in [0, 0.1) is 0 Å². The SMILES string of the molecule is CC1NNCC1c1nn2c(-c3ccncc3)nnc2s1. The lowest BCUT2D eigenvalue weighted by Crippen LogP contribution is -2.28. The standard InChI is InChI=1S/C12H13N7S/c1-7-9(6-14-15-7)11-18-19-10(16-17-12(19)20-11)8-2-4-13-5-3-8/h2-5,7,9,14-15H,6H2,1H3. The molecule has 0 bridgehead atoms. The van der Waals surface area contributed by atoms with Gasteiger partial charge in [-0.2, -0.15) is 9.61 Å². The van der Waals surface area contributed by atoms with Gasteiger partial charge in [0.1, 0.15) is 5.01 Å². The van der Waals surface area contributed by atoms with Crippen LogP contribution in [-0.4, -0.2) is 37.4 Å². The second kappa shape index (κ2) is 4.58. The second-order valence-electron chi connectivity index (χ2n) is 4.81. The van der Waals surface area contributed by atoms with Crippen molar-refractivity contribution in [2.45, 2.75) is 18.9 Å². The van der Waals surface area contributed by atoms with Crippen LogP contribution in [0.25, 0.3) is 16.3 Å². The topological polar surface area (TPSA) is 80.0 Å². The molecule has 102 valence electrons. The lowest BCUT2D eigenvalue weighted by molar-refractivity contribution is 0.566. The molecular weight excluding hydrogens is 274 g/mol. The molecule has 7 nitrogen and oxygen atoms in total. The maximum absolute atomic E-state index is 4.69. The molecule has 2 atom stereocenters. The quantitative estimate of drug-likeness (QED) is 0.726. The van der Waals surface area contributed by atoms with Gasteiger partial charge in [-0.3, -0.25) is 15.8 Å². The Morgan fingerprint density at radius 3 is 2.90 bits per heavy atom. The van der Waals surface area contributed by atoms with E-state index in [1.54, 1.807) is 23.7 Å². The minimum absolute atomic E-state index is 0.364. The first-order valence-electron chi connectivity index (χ1n) is 6.44. The molecule has 2 N–H and O–H groups in total. The average Bonchev–Trinajstić information content (AvgIpc) is 3.13. The zero-order valence-electron chi connectivity index (χ0n) is 10.8. The smallest absolute Gasteiger partial charge is 0.234 e. The lowest BCUT2D eigenvalue weighted by Gasteiger charge is -2.08. The number of nitrogens with one attached hydrogen (secondary N) is 2. The van der Waals surface area contributed by atoms with E-state index in [0.717, 1.165) is 27.9 Å². The van der Waals surface area contributed by atoms with Crippen LogP contribution in [0.15, 0.2) is 24.5 Å². The van der Waals surface area contributed by atoms with E-state index in [4.69, 9.17) is 5.10 Å². The predicted molar refractivity (Wildman–Crippen MR) is 75.2 cm³/mol. The highest BCUT2D eigenvalue weighted by molar-refractivity contribution is 7.16. The average molecular weight is 287 g/mol. The molecule has 1 aliphatic heterocycles. The second-order valence-corrected chi connectivity index (χ2v) is 5.80. The van der Waals surface area contributed by atoms with E-state index in [-0.39, 0.29) is 0 Å². The Bertz CT molecular complexity index is 735. The number of fused-ring (bicyclic) bond motifs is 1. The number of rotatable bonds is 2. The molecule has 0 aromatic carbocycles. The molecule has 1 saturated heterocycles. The van der Waals surface area contributed by atoms with Crippen LogP contribution in [0.3, 0.4) is 0 Å². The first-order chi connectivity index (χ1) is 9.83. The Hall–Kier alpha value is -1.90. The number of aromatic nitrogens is 5. The van der Waals surface area contributed by atoms with E-state index in [2.05, 4.69) is 33.0 Å². The van der Waals surface area contributed by atoms with Gasteiger partial charge in [-0.1, -0.05) is 11.3 Å². The minimum atomic E-state index is 0.364. The lowest BCUT2D eigenvalue weighted by atomic mass is 10.1. The normalized spacial score (nSPS) is 22.6. The molecule has 0 saturated carbocycles. The van der Waals surface area contributed by atoms with Crippen molar-refractivity contribution in [3.05, 3.63) is 29.5 Å². The summed E-state index contributed by atoms with van der Waals surface area (Å²) in [5.74, 6) is 1.13. The largest absolute Gasteiger partial charge is 0.265 e. The fourth-order valence-corrected chi connectivity index (χ4v) is 3.41. The maximum atomic E-state index is 4.69. The van der Waals surface area contributed by atoms with Crippen molar-refractivity contribution in [1.29, 1.82) is 0 Å². The van der Waals surface area contributed by atoms with E-state index in [9.17, 15) is 0 Å². The van der Waals surface area contributed by atoms with Crippen molar-refractivity contribution in [3.8, 4) is 11.4 Å². The molecule has 0 radical (unpaired) electrons. The summed E-state index contributed by atoms with van der Waals surface area (Å²) >= 11 is 1.60. The molecule has 1 aliphatic rings. The first kappa shape index (κ1) is 11.9. The Balaban J connectivity index is 1.79. The van der Waals surface area contributed by atoms with Crippen LogP contribution in [0.5, 0.6) is 0 Å². The molecule has 4 rings (SSSR count). The van der Waals surface area contributed by atoms with E-state index < -0.39 is 0 Å². The van der Waals surface area contributed by atoms with Crippen LogP contribution in [0.4, 0.5) is 0 Å². The number of hydrogen-bond donors (Lipinski definition) is 2. The van der Waals surface area contributed by atoms with E-state index in [1.165, 1.54) is 0 Å². The monoisotopic (exact) mass is 287 g/mol. The van der Waals surface area contributed by atoms with Gasteiger partial charge in [-0.15, -0.1) is 10.2 Å². The molecule has 1 fully saturated rings. The Morgan fingerprint density at radius 2 is 2.15 bits per heavy atom. The summed E-state index contributed by atoms with van der Waals surface area (Å²) in [7, 11) is 0. The molecule has 0 aliphatic carbocycles. The number of hydrazine groups is 1. The van der Waals surface area contributed by atoms with Gasteiger partial charge < -0.3 is 0 Å². The van der Waals surface area contributed by atoms with Crippen LogP contribution >= 0.6 is 11.3 Å². The fourth-order valence-electron chi connectivity index (χ4n) is 2.37. The molecule has 2 unspecified atom stereocenters. The molecule has 0 amide bonds. The number of hydrogen-bond acceptors (Lipinski definition) is 7. The maximum Gasteiger partial charge on any atom is 0.234 e. The van der Waals surface area contributed by atoms with Gasteiger partial charge in [-0.05, 0) is 19.1 Å². The van der Waals surface area contributed by atoms with Crippen LogP contribution in [0.1, 0.15) is 17.8 Å². The van der Waals surface area contributed by atoms with Gasteiger partial charge in [0.15, 0.2) is 5.82 Å². The molecule has 8 heteroatoms. The van der Waals surface area contributed by atoms with E-state index >= 15 is 0 Å². The van der Waals surface area contributed by atoms with Crippen molar-refractivity contribution in [2.24, 2.45) is 0 Å². The highest BCUT2D eigenvalue weighted by Crippen LogP contribution is 2.28. The van der Waals surface area contributed by atoms with Crippen LogP contribution < -0.4 is 10.9 Å². The zero-order chi connectivity index (χ0) is 13.5. The molecule has 3 aromatic rings. The van der Waals surface area contributed by atoms with Gasteiger partial charge in [0.25, 0.3) is 0 Å². The third-order valence-corrected chi connectivity index (χ3v) is 4.55. The molecule has 3 aromatic heterocycles. The van der Waals surface area contributed by atoms with Gasteiger partial charge >= 0.3 is 0 Å². The third-order valence-electron chi connectivity index (χ3n) is 3.52. The molecular formula is C12H13N7S. The summed E-state index contributed by atoms with van der Waals surface area (Å²) < 4.78 is 1.82. The minimum Gasteiger partial charge on any atom is -0.265 e. The summed E-state index contributed by atoms with van der Waals surface area (Å²) in [6, 6.07) is 4.19. The van der Waals surface area contributed by atoms with Crippen molar-refractivity contribution >= 4 is 16.3 Å². The molecule has 0 spiro atoms. The Morgan fingerprint density at radius 1 is 1.30 bits per heavy atom.